The lowest BCUT2D eigenvalue weighted by Crippen LogP contribution is -2.02. The van der Waals surface area contributed by atoms with E-state index in [1.807, 2.05) is 14.1 Å². The summed E-state index contributed by atoms with van der Waals surface area (Å²) in [6, 6.07) is 0. The molecule has 3 aromatic rings. The summed E-state index contributed by atoms with van der Waals surface area (Å²) in [7, 11) is 3.72. The topological polar surface area (TPSA) is 81.4 Å². The van der Waals surface area contributed by atoms with E-state index in [0.29, 0.717) is 5.75 Å². The number of hydrogen-bond acceptors (Lipinski definition) is 8. The molecule has 0 unspecified atom stereocenters. The standard InChI is InChI=1S/C10H11N7S2/c1-11-8-6-3-13-17(2)9(6)16-7(15-8)4-18-10-12-5-14-19-10/h3,5H,4H2,1-2H3,(H,11,15,16). The summed E-state index contributed by atoms with van der Waals surface area (Å²) in [5.41, 5.74) is 0.826. The van der Waals surface area contributed by atoms with Gasteiger partial charge in [0, 0.05) is 14.1 Å². The van der Waals surface area contributed by atoms with E-state index in [-0.39, 0.29) is 0 Å². The summed E-state index contributed by atoms with van der Waals surface area (Å²) in [4.78, 5) is 13.1. The van der Waals surface area contributed by atoms with Gasteiger partial charge < -0.3 is 5.32 Å². The molecule has 3 heterocycles. The lowest BCUT2D eigenvalue weighted by atomic mass is 10.4. The Balaban J connectivity index is 1.92. The number of nitrogens with zero attached hydrogens (tertiary/aromatic N) is 6. The van der Waals surface area contributed by atoms with Crippen molar-refractivity contribution in [2.75, 3.05) is 12.4 Å². The average Bonchev–Trinajstić information content (AvgIpc) is 3.06. The van der Waals surface area contributed by atoms with Crippen LogP contribution in [0.3, 0.4) is 0 Å². The molecule has 3 rings (SSSR count). The van der Waals surface area contributed by atoms with Crippen molar-refractivity contribution in [2.45, 2.75) is 10.1 Å². The van der Waals surface area contributed by atoms with Gasteiger partial charge in [-0.05, 0) is 11.5 Å². The number of aromatic nitrogens is 6. The van der Waals surface area contributed by atoms with Crippen LogP contribution in [0.15, 0.2) is 16.9 Å². The highest BCUT2D eigenvalue weighted by molar-refractivity contribution is 8.00. The molecule has 0 radical (unpaired) electrons. The van der Waals surface area contributed by atoms with Gasteiger partial charge in [0.2, 0.25) is 0 Å². The molecule has 0 bridgehead atoms. The van der Waals surface area contributed by atoms with Gasteiger partial charge in [-0.25, -0.2) is 15.0 Å². The second-order valence-electron chi connectivity index (χ2n) is 3.74. The highest BCUT2D eigenvalue weighted by Gasteiger charge is 2.11. The molecular formula is C10H11N7S2. The number of hydrogen-bond donors (Lipinski definition) is 1. The van der Waals surface area contributed by atoms with Crippen molar-refractivity contribution in [2.24, 2.45) is 7.05 Å². The van der Waals surface area contributed by atoms with E-state index < -0.39 is 0 Å². The fraction of sp³-hybridized carbons (Fsp3) is 0.300. The van der Waals surface area contributed by atoms with E-state index in [4.69, 9.17) is 0 Å². The summed E-state index contributed by atoms with van der Waals surface area (Å²) < 4.78 is 6.63. The lowest BCUT2D eigenvalue weighted by Gasteiger charge is -2.04. The molecule has 1 N–H and O–H groups in total. The summed E-state index contributed by atoms with van der Waals surface area (Å²) in [5.74, 6) is 2.21. The molecule has 0 amide bonds. The van der Waals surface area contributed by atoms with E-state index >= 15 is 0 Å². The Hall–Kier alpha value is -1.74. The highest BCUT2D eigenvalue weighted by atomic mass is 32.2. The van der Waals surface area contributed by atoms with Gasteiger partial charge >= 0.3 is 0 Å². The monoisotopic (exact) mass is 293 g/mol. The van der Waals surface area contributed by atoms with Gasteiger partial charge in [0.05, 0.1) is 17.3 Å². The number of nitrogens with one attached hydrogen (secondary N) is 1. The highest BCUT2D eigenvalue weighted by Crippen LogP contribution is 2.24. The zero-order valence-corrected chi connectivity index (χ0v) is 12.0. The predicted molar refractivity (Wildman–Crippen MR) is 75.3 cm³/mol. The maximum atomic E-state index is 4.53. The zero-order valence-electron chi connectivity index (χ0n) is 10.4. The summed E-state index contributed by atoms with van der Waals surface area (Å²) in [6.07, 6.45) is 3.32. The second kappa shape index (κ2) is 5.10. The van der Waals surface area contributed by atoms with E-state index in [9.17, 15) is 0 Å². The molecule has 0 aliphatic carbocycles. The minimum absolute atomic E-state index is 0.658. The normalized spacial score (nSPS) is 11.1. The molecule has 9 heteroatoms. The van der Waals surface area contributed by atoms with Crippen molar-refractivity contribution in [1.29, 1.82) is 0 Å². The maximum absolute atomic E-state index is 4.53. The fourth-order valence-electron chi connectivity index (χ4n) is 1.68. The molecule has 0 atom stereocenters. The molecular weight excluding hydrogens is 282 g/mol. The van der Waals surface area contributed by atoms with Gasteiger partial charge in [0.15, 0.2) is 9.99 Å². The van der Waals surface area contributed by atoms with Gasteiger partial charge in [-0.3, -0.25) is 4.68 Å². The van der Waals surface area contributed by atoms with E-state index in [0.717, 1.165) is 27.0 Å². The number of aryl methyl sites for hydroxylation is 1. The zero-order chi connectivity index (χ0) is 13.2. The maximum Gasteiger partial charge on any atom is 0.170 e. The van der Waals surface area contributed by atoms with Gasteiger partial charge in [0.1, 0.15) is 18.0 Å². The first-order valence-electron chi connectivity index (χ1n) is 5.54. The Morgan fingerprint density at radius 2 is 2.32 bits per heavy atom. The Morgan fingerprint density at radius 1 is 1.42 bits per heavy atom. The Kier molecular flexibility index (Phi) is 3.30. The molecule has 19 heavy (non-hydrogen) atoms. The summed E-state index contributed by atoms with van der Waals surface area (Å²) in [6.45, 7) is 0. The third-order valence-electron chi connectivity index (χ3n) is 2.54. The van der Waals surface area contributed by atoms with Crippen LogP contribution in [0.4, 0.5) is 5.82 Å². The fourth-order valence-corrected chi connectivity index (χ4v) is 2.97. The third kappa shape index (κ3) is 2.38. The molecule has 98 valence electrons. The van der Waals surface area contributed by atoms with E-state index in [1.165, 1.54) is 11.5 Å². The van der Waals surface area contributed by atoms with Crippen LogP contribution >= 0.6 is 23.3 Å². The quantitative estimate of drug-likeness (QED) is 0.731. The van der Waals surface area contributed by atoms with Crippen molar-refractivity contribution in [1.82, 2.24) is 29.1 Å². The Labute approximate surface area is 117 Å². The third-order valence-corrected chi connectivity index (χ3v) is 4.33. The Morgan fingerprint density at radius 3 is 3.05 bits per heavy atom. The molecule has 0 spiro atoms. The Bertz CT molecular complexity index is 691. The minimum atomic E-state index is 0.658. The first-order chi connectivity index (χ1) is 9.28. The largest absolute Gasteiger partial charge is 0.372 e. The number of anilines is 1. The van der Waals surface area contributed by atoms with Gasteiger partial charge in [-0.2, -0.15) is 9.47 Å². The first-order valence-corrected chi connectivity index (χ1v) is 7.29. The van der Waals surface area contributed by atoms with Crippen molar-refractivity contribution in [3.8, 4) is 0 Å². The van der Waals surface area contributed by atoms with Crippen LogP contribution in [0.5, 0.6) is 0 Å². The molecule has 0 saturated carbocycles. The number of fused-ring (bicyclic) bond motifs is 1. The molecule has 0 saturated heterocycles. The number of rotatable bonds is 4. The van der Waals surface area contributed by atoms with Crippen LogP contribution in [0.1, 0.15) is 5.82 Å². The lowest BCUT2D eigenvalue weighted by molar-refractivity contribution is 0.782. The molecule has 0 fully saturated rings. The molecule has 7 nitrogen and oxygen atoms in total. The molecule has 0 aromatic carbocycles. The number of thioether (sulfide) groups is 1. The predicted octanol–water partition coefficient (Wildman–Crippen LogP) is 1.55. The van der Waals surface area contributed by atoms with Gasteiger partial charge in [-0.15, -0.1) is 0 Å². The van der Waals surface area contributed by atoms with Crippen molar-refractivity contribution in [3.63, 3.8) is 0 Å². The van der Waals surface area contributed by atoms with E-state index in [1.54, 1.807) is 29.0 Å². The van der Waals surface area contributed by atoms with Crippen LogP contribution in [0.25, 0.3) is 11.0 Å². The molecule has 0 aliphatic rings. The van der Waals surface area contributed by atoms with Crippen molar-refractivity contribution in [3.05, 3.63) is 18.3 Å². The molecule has 0 aliphatic heterocycles. The van der Waals surface area contributed by atoms with Crippen molar-refractivity contribution < 1.29 is 0 Å². The second-order valence-corrected chi connectivity index (χ2v) is 5.74. The SMILES string of the molecule is CNc1nc(CSc2ncns2)nc2c1cnn2C. The average molecular weight is 293 g/mol. The smallest absolute Gasteiger partial charge is 0.170 e. The van der Waals surface area contributed by atoms with Crippen LogP contribution in [0, 0.1) is 0 Å². The van der Waals surface area contributed by atoms with Crippen LogP contribution < -0.4 is 5.32 Å². The van der Waals surface area contributed by atoms with Gasteiger partial charge in [-0.1, -0.05) is 11.8 Å². The van der Waals surface area contributed by atoms with Crippen LogP contribution in [0.2, 0.25) is 0 Å². The molecule has 3 aromatic heterocycles. The summed E-state index contributed by atoms with van der Waals surface area (Å²) in [5, 5.41) is 8.21. The van der Waals surface area contributed by atoms with E-state index in [2.05, 4.69) is 29.7 Å². The summed E-state index contributed by atoms with van der Waals surface area (Å²) >= 11 is 2.95. The van der Waals surface area contributed by atoms with Crippen LogP contribution in [-0.4, -0.2) is 36.2 Å². The van der Waals surface area contributed by atoms with Crippen LogP contribution in [-0.2, 0) is 12.8 Å². The van der Waals surface area contributed by atoms with Gasteiger partial charge in [0.25, 0.3) is 0 Å². The van der Waals surface area contributed by atoms with Crippen molar-refractivity contribution >= 4 is 40.1 Å². The minimum Gasteiger partial charge on any atom is -0.372 e. The first kappa shape index (κ1) is 12.3.